The SMILES string of the molecule is CCc1cccc(CC)c1NC(=O)CCc1c(C)c2ccc(OC)cc2oc1=O. The zero-order chi connectivity index (χ0) is 21.0. The molecule has 0 aliphatic heterocycles. The number of ether oxygens (including phenoxy) is 1. The number of fused-ring (bicyclic) bond motifs is 1. The summed E-state index contributed by atoms with van der Waals surface area (Å²) in [6.07, 6.45) is 2.24. The van der Waals surface area contributed by atoms with Crippen molar-refractivity contribution in [2.24, 2.45) is 0 Å². The molecule has 0 saturated heterocycles. The molecule has 0 fully saturated rings. The molecule has 1 amide bonds. The molecule has 0 unspecified atom stereocenters. The Balaban J connectivity index is 1.81. The van der Waals surface area contributed by atoms with Crippen LogP contribution in [0.3, 0.4) is 0 Å². The van der Waals surface area contributed by atoms with Gasteiger partial charge in [0.25, 0.3) is 0 Å². The second-order valence-electron chi connectivity index (χ2n) is 7.06. The van der Waals surface area contributed by atoms with Gasteiger partial charge >= 0.3 is 5.63 Å². The van der Waals surface area contributed by atoms with Crippen LogP contribution >= 0.6 is 0 Å². The van der Waals surface area contributed by atoms with E-state index < -0.39 is 5.63 Å². The molecule has 0 aliphatic carbocycles. The molecular weight excluding hydrogens is 366 g/mol. The molecule has 0 saturated carbocycles. The number of amides is 1. The van der Waals surface area contributed by atoms with Gasteiger partial charge < -0.3 is 14.5 Å². The highest BCUT2D eigenvalue weighted by atomic mass is 16.5. The first-order valence-electron chi connectivity index (χ1n) is 9.99. The molecule has 5 heteroatoms. The summed E-state index contributed by atoms with van der Waals surface area (Å²) in [5.74, 6) is 0.530. The molecule has 152 valence electrons. The molecule has 0 atom stereocenters. The molecule has 0 radical (unpaired) electrons. The fraction of sp³-hybridized carbons (Fsp3) is 0.333. The van der Waals surface area contributed by atoms with Gasteiger partial charge in [0, 0.05) is 29.1 Å². The Morgan fingerprint density at radius 1 is 1.10 bits per heavy atom. The third-order valence-electron chi connectivity index (χ3n) is 5.36. The van der Waals surface area contributed by atoms with Crippen LogP contribution in [0.25, 0.3) is 11.0 Å². The fourth-order valence-corrected chi connectivity index (χ4v) is 3.63. The summed E-state index contributed by atoms with van der Waals surface area (Å²) in [4.78, 5) is 25.1. The van der Waals surface area contributed by atoms with E-state index in [9.17, 15) is 9.59 Å². The summed E-state index contributed by atoms with van der Waals surface area (Å²) in [5.41, 5.74) is 4.61. The van der Waals surface area contributed by atoms with E-state index in [0.717, 1.165) is 40.6 Å². The summed E-state index contributed by atoms with van der Waals surface area (Å²) in [6, 6.07) is 11.5. The Bertz CT molecular complexity index is 1080. The molecule has 2 aromatic carbocycles. The van der Waals surface area contributed by atoms with Crippen LogP contribution in [0.2, 0.25) is 0 Å². The van der Waals surface area contributed by atoms with E-state index in [4.69, 9.17) is 9.15 Å². The lowest BCUT2D eigenvalue weighted by Crippen LogP contribution is -2.18. The maximum Gasteiger partial charge on any atom is 0.339 e. The number of nitrogens with one attached hydrogen (secondary N) is 1. The molecule has 5 nitrogen and oxygen atoms in total. The lowest BCUT2D eigenvalue weighted by molar-refractivity contribution is -0.116. The maximum atomic E-state index is 12.6. The number of rotatable bonds is 7. The molecule has 1 heterocycles. The summed E-state index contributed by atoms with van der Waals surface area (Å²) in [7, 11) is 1.57. The van der Waals surface area contributed by atoms with Crippen molar-refractivity contribution in [2.45, 2.75) is 46.5 Å². The van der Waals surface area contributed by atoms with Gasteiger partial charge in [-0.05, 0) is 55.0 Å². The fourth-order valence-electron chi connectivity index (χ4n) is 3.63. The molecule has 3 rings (SSSR count). The van der Waals surface area contributed by atoms with Crippen LogP contribution in [-0.2, 0) is 24.1 Å². The summed E-state index contributed by atoms with van der Waals surface area (Å²) in [5, 5.41) is 3.91. The zero-order valence-corrected chi connectivity index (χ0v) is 17.4. The average Bonchev–Trinajstić information content (AvgIpc) is 2.73. The lowest BCUT2D eigenvalue weighted by Gasteiger charge is -2.14. The molecular formula is C24H27NO4. The first-order valence-corrected chi connectivity index (χ1v) is 9.99. The quantitative estimate of drug-likeness (QED) is 0.585. The first kappa shape index (κ1) is 20.6. The molecule has 29 heavy (non-hydrogen) atoms. The Hall–Kier alpha value is -3.08. The van der Waals surface area contributed by atoms with E-state index in [1.54, 1.807) is 13.2 Å². The minimum absolute atomic E-state index is 0.103. The number of carbonyl (C=O) groups is 1. The number of anilines is 1. The Morgan fingerprint density at radius 3 is 2.41 bits per heavy atom. The number of hydrogen-bond donors (Lipinski definition) is 1. The van der Waals surface area contributed by atoms with E-state index in [1.807, 2.05) is 37.3 Å². The molecule has 3 aromatic rings. The van der Waals surface area contributed by atoms with Gasteiger partial charge in [-0.3, -0.25) is 4.79 Å². The minimum atomic E-state index is -0.403. The van der Waals surface area contributed by atoms with Crippen LogP contribution in [0, 0.1) is 6.92 Å². The lowest BCUT2D eigenvalue weighted by atomic mass is 10.0. The zero-order valence-electron chi connectivity index (χ0n) is 17.4. The van der Waals surface area contributed by atoms with Gasteiger partial charge in [0.2, 0.25) is 5.91 Å². The van der Waals surface area contributed by atoms with Crippen LogP contribution in [0.5, 0.6) is 5.75 Å². The highest BCUT2D eigenvalue weighted by molar-refractivity contribution is 5.92. The van der Waals surface area contributed by atoms with E-state index in [1.165, 1.54) is 0 Å². The summed E-state index contributed by atoms with van der Waals surface area (Å²) < 4.78 is 10.7. The molecule has 0 bridgehead atoms. The van der Waals surface area contributed by atoms with Crippen LogP contribution in [0.4, 0.5) is 5.69 Å². The number of para-hydroxylation sites is 1. The number of methoxy groups -OCH3 is 1. The highest BCUT2D eigenvalue weighted by Gasteiger charge is 2.15. The molecule has 0 aliphatic rings. The number of carbonyl (C=O) groups excluding carboxylic acids is 1. The largest absolute Gasteiger partial charge is 0.497 e. The second kappa shape index (κ2) is 8.95. The monoisotopic (exact) mass is 393 g/mol. The number of benzene rings is 2. The predicted molar refractivity (Wildman–Crippen MR) is 116 cm³/mol. The van der Waals surface area contributed by atoms with E-state index >= 15 is 0 Å². The van der Waals surface area contributed by atoms with Crippen molar-refractivity contribution in [3.05, 3.63) is 69.1 Å². The van der Waals surface area contributed by atoms with Gasteiger partial charge in [0.1, 0.15) is 11.3 Å². The Labute approximate surface area is 170 Å². The Kier molecular flexibility index (Phi) is 6.37. The maximum absolute atomic E-state index is 12.6. The average molecular weight is 393 g/mol. The topological polar surface area (TPSA) is 68.5 Å². The minimum Gasteiger partial charge on any atom is -0.497 e. The standard InChI is InChI=1S/C24H27NO4/c1-5-16-8-7-9-17(6-2)23(16)25-22(26)13-12-20-15(3)19-11-10-18(28-4)14-21(19)29-24(20)27/h7-11,14H,5-6,12-13H2,1-4H3,(H,25,26). The van der Waals surface area contributed by atoms with Crippen LogP contribution in [-0.4, -0.2) is 13.0 Å². The number of hydrogen-bond acceptors (Lipinski definition) is 4. The van der Waals surface area contributed by atoms with Gasteiger partial charge in [0.15, 0.2) is 0 Å². The van der Waals surface area contributed by atoms with E-state index in [-0.39, 0.29) is 12.3 Å². The van der Waals surface area contributed by atoms with Crippen molar-refractivity contribution in [3.8, 4) is 5.75 Å². The van der Waals surface area contributed by atoms with Crippen molar-refractivity contribution >= 4 is 22.6 Å². The van der Waals surface area contributed by atoms with Crippen LogP contribution < -0.4 is 15.7 Å². The molecule has 0 spiro atoms. The van der Waals surface area contributed by atoms with Crippen LogP contribution in [0.1, 0.15) is 42.5 Å². The predicted octanol–water partition coefficient (Wildman–Crippen LogP) is 4.81. The number of aryl methyl sites for hydroxylation is 3. The van der Waals surface area contributed by atoms with Crippen molar-refractivity contribution in [3.63, 3.8) is 0 Å². The van der Waals surface area contributed by atoms with Gasteiger partial charge in [-0.2, -0.15) is 0 Å². The van der Waals surface area contributed by atoms with Gasteiger partial charge in [-0.25, -0.2) is 4.79 Å². The summed E-state index contributed by atoms with van der Waals surface area (Å²) in [6.45, 7) is 6.03. The second-order valence-corrected chi connectivity index (χ2v) is 7.06. The Morgan fingerprint density at radius 2 is 1.79 bits per heavy atom. The van der Waals surface area contributed by atoms with Crippen molar-refractivity contribution in [1.29, 1.82) is 0 Å². The highest BCUT2D eigenvalue weighted by Crippen LogP contribution is 2.25. The van der Waals surface area contributed by atoms with E-state index in [0.29, 0.717) is 23.3 Å². The molecule has 1 N–H and O–H groups in total. The van der Waals surface area contributed by atoms with Crippen LogP contribution in [0.15, 0.2) is 45.6 Å². The normalized spacial score (nSPS) is 10.9. The van der Waals surface area contributed by atoms with Gasteiger partial charge in [0.05, 0.1) is 7.11 Å². The first-order chi connectivity index (χ1) is 14.0. The summed E-state index contributed by atoms with van der Waals surface area (Å²) >= 11 is 0. The van der Waals surface area contributed by atoms with Gasteiger partial charge in [-0.1, -0.05) is 32.0 Å². The van der Waals surface area contributed by atoms with Crippen molar-refractivity contribution in [2.75, 3.05) is 12.4 Å². The van der Waals surface area contributed by atoms with Crippen molar-refractivity contribution in [1.82, 2.24) is 0 Å². The van der Waals surface area contributed by atoms with E-state index in [2.05, 4.69) is 19.2 Å². The smallest absolute Gasteiger partial charge is 0.339 e. The third-order valence-corrected chi connectivity index (χ3v) is 5.36. The molecule has 1 aromatic heterocycles. The van der Waals surface area contributed by atoms with Crippen molar-refractivity contribution < 1.29 is 13.9 Å². The van der Waals surface area contributed by atoms with Gasteiger partial charge in [-0.15, -0.1) is 0 Å². The third kappa shape index (κ3) is 4.34.